The first-order valence-electron chi connectivity index (χ1n) is 7.25. The molecule has 0 aliphatic heterocycles. The molecular formula is C17H17F3N2O2. The minimum absolute atomic E-state index is 0.00419. The standard InChI is InChI=1S/C17H17F3N2O2/c1-22(8-5-11-3-6-21-7-4-11)16(17(23)24-2)12-9-13(18)15(20)14(19)10-12/h3-4,6-7,9-10,16H,5,8H2,1-2H3/t16-/m1/s1. The molecule has 0 saturated carbocycles. The van der Waals surface area contributed by atoms with E-state index < -0.39 is 29.5 Å². The Labute approximate surface area is 137 Å². The van der Waals surface area contributed by atoms with Crippen LogP contribution in [0.5, 0.6) is 0 Å². The largest absolute Gasteiger partial charge is 0.468 e. The van der Waals surface area contributed by atoms with Gasteiger partial charge in [0, 0.05) is 18.9 Å². The summed E-state index contributed by atoms with van der Waals surface area (Å²) in [5.41, 5.74) is 0.993. The van der Waals surface area contributed by atoms with Gasteiger partial charge in [-0.15, -0.1) is 0 Å². The Bertz CT molecular complexity index is 687. The number of nitrogens with zero attached hydrogens (tertiary/aromatic N) is 2. The smallest absolute Gasteiger partial charge is 0.327 e. The fraction of sp³-hybridized carbons (Fsp3) is 0.294. The lowest BCUT2D eigenvalue weighted by Gasteiger charge is -2.26. The van der Waals surface area contributed by atoms with Gasteiger partial charge < -0.3 is 4.74 Å². The SMILES string of the molecule is COC(=O)[C@@H](c1cc(F)c(F)c(F)c1)N(C)CCc1ccncc1. The van der Waals surface area contributed by atoms with Gasteiger partial charge in [-0.05, 0) is 48.9 Å². The summed E-state index contributed by atoms with van der Waals surface area (Å²) in [4.78, 5) is 17.6. The van der Waals surface area contributed by atoms with Crippen LogP contribution in [0.15, 0.2) is 36.7 Å². The van der Waals surface area contributed by atoms with Crippen LogP contribution >= 0.6 is 0 Å². The summed E-state index contributed by atoms with van der Waals surface area (Å²) in [6.07, 6.45) is 3.90. The van der Waals surface area contributed by atoms with Crippen molar-refractivity contribution in [2.45, 2.75) is 12.5 Å². The lowest BCUT2D eigenvalue weighted by atomic mass is 10.0. The minimum Gasteiger partial charge on any atom is -0.468 e. The van der Waals surface area contributed by atoms with E-state index in [4.69, 9.17) is 4.74 Å². The van der Waals surface area contributed by atoms with E-state index in [1.807, 2.05) is 12.1 Å². The number of pyridine rings is 1. The number of esters is 1. The molecule has 0 bridgehead atoms. The van der Waals surface area contributed by atoms with Crippen molar-refractivity contribution in [1.29, 1.82) is 0 Å². The predicted octanol–water partition coefficient (Wildman–Crippen LogP) is 2.89. The van der Waals surface area contributed by atoms with Crippen molar-refractivity contribution in [2.24, 2.45) is 0 Å². The van der Waals surface area contributed by atoms with E-state index in [-0.39, 0.29) is 5.56 Å². The summed E-state index contributed by atoms with van der Waals surface area (Å²) in [5.74, 6) is -4.94. The molecule has 2 rings (SSSR count). The fourth-order valence-electron chi connectivity index (χ4n) is 2.40. The van der Waals surface area contributed by atoms with Gasteiger partial charge in [0.05, 0.1) is 7.11 Å². The first-order valence-corrected chi connectivity index (χ1v) is 7.25. The zero-order valence-electron chi connectivity index (χ0n) is 13.3. The number of methoxy groups -OCH3 is 1. The molecule has 7 heteroatoms. The Balaban J connectivity index is 2.23. The lowest BCUT2D eigenvalue weighted by molar-refractivity contribution is -0.146. The van der Waals surface area contributed by atoms with Gasteiger partial charge in [0.1, 0.15) is 6.04 Å². The van der Waals surface area contributed by atoms with Crippen LogP contribution in [-0.4, -0.2) is 36.6 Å². The van der Waals surface area contributed by atoms with E-state index in [9.17, 15) is 18.0 Å². The second-order valence-corrected chi connectivity index (χ2v) is 5.31. The van der Waals surface area contributed by atoms with Crippen molar-refractivity contribution in [3.8, 4) is 0 Å². The molecule has 0 aliphatic carbocycles. The maximum Gasteiger partial charge on any atom is 0.327 e. The molecular weight excluding hydrogens is 321 g/mol. The van der Waals surface area contributed by atoms with Gasteiger partial charge in [-0.25, -0.2) is 18.0 Å². The van der Waals surface area contributed by atoms with Crippen molar-refractivity contribution >= 4 is 5.97 Å². The van der Waals surface area contributed by atoms with Crippen LogP contribution in [0, 0.1) is 17.5 Å². The van der Waals surface area contributed by atoms with Crippen LogP contribution in [0.2, 0.25) is 0 Å². The first-order chi connectivity index (χ1) is 11.4. The molecule has 1 heterocycles. The molecule has 0 aliphatic rings. The van der Waals surface area contributed by atoms with Gasteiger partial charge in [-0.2, -0.15) is 0 Å². The highest BCUT2D eigenvalue weighted by atomic mass is 19.2. The van der Waals surface area contributed by atoms with Crippen LogP contribution in [0.1, 0.15) is 17.2 Å². The van der Waals surface area contributed by atoms with Crippen LogP contribution in [0.4, 0.5) is 13.2 Å². The quantitative estimate of drug-likeness (QED) is 0.600. The molecule has 0 radical (unpaired) electrons. The number of hydrogen-bond acceptors (Lipinski definition) is 4. The Morgan fingerprint density at radius 1 is 1.21 bits per heavy atom. The molecule has 1 aromatic heterocycles. The molecule has 0 saturated heterocycles. The fourth-order valence-corrected chi connectivity index (χ4v) is 2.40. The van der Waals surface area contributed by atoms with Crippen LogP contribution in [-0.2, 0) is 16.0 Å². The summed E-state index contributed by atoms with van der Waals surface area (Å²) >= 11 is 0. The van der Waals surface area contributed by atoms with Crippen LogP contribution in [0.3, 0.4) is 0 Å². The average Bonchev–Trinajstić information content (AvgIpc) is 2.58. The molecule has 0 N–H and O–H groups in total. The third kappa shape index (κ3) is 4.11. The van der Waals surface area contributed by atoms with E-state index in [0.717, 1.165) is 17.7 Å². The number of hydrogen-bond donors (Lipinski definition) is 0. The number of aromatic nitrogens is 1. The number of likely N-dealkylation sites (N-methyl/N-ethyl adjacent to an activating group) is 1. The summed E-state index contributed by atoms with van der Waals surface area (Å²) < 4.78 is 44.8. The van der Waals surface area contributed by atoms with Gasteiger partial charge in [0.15, 0.2) is 17.5 Å². The Kier molecular flexibility index (Phi) is 5.92. The van der Waals surface area contributed by atoms with Gasteiger partial charge >= 0.3 is 5.97 Å². The number of carbonyl (C=O) groups excluding carboxylic acids is 1. The lowest BCUT2D eigenvalue weighted by Crippen LogP contribution is -2.33. The van der Waals surface area contributed by atoms with Crippen molar-refractivity contribution in [2.75, 3.05) is 20.7 Å². The average molecular weight is 338 g/mol. The normalized spacial score (nSPS) is 12.2. The molecule has 2 aromatic rings. The van der Waals surface area contributed by atoms with Crippen molar-refractivity contribution in [3.63, 3.8) is 0 Å². The van der Waals surface area contributed by atoms with Gasteiger partial charge in [-0.1, -0.05) is 0 Å². The highest BCUT2D eigenvalue weighted by Crippen LogP contribution is 2.25. The van der Waals surface area contributed by atoms with Crippen LogP contribution < -0.4 is 0 Å². The second kappa shape index (κ2) is 7.92. The van der Waals surface area contributed by atoms with E-state index in [1.54, 1.807) is 24.3 Å². The van der Waals surface area contributed by atoms with E-state index in [2.05, 4.69) is 4.98 Å². The Morgan fingerprint density at radius 2 is 1.79 bits per heavy atom. The van der Waals surface area contributed by atoms with Crippen LogP contribution in [0.25, 0.3) is 0 Å². The van der Waals surface area contributed by atoms with Crippen molar-refractivity contribution in [1.82, 2.24) is 9.88 Å². The number of halogens is 3. The first kappa shape index (κ1) is 17.9. The maximum absolute atomic E-state index is 13.5. The third-order valence-electron chi connectivity index (χ3n) is 3.69. The molecule has 1 aromatic carbocycles. The van der Waals surface area contributed by atoms with Crippen molar-refractivity contribution in [3.05, 3.63) is 65.2 Å². The molecule has 0 spiro atoms. The topological polar surface area (TPSA) is 42.4 Å². The molecule has 128 valence electrons. The number of rotatable bonds is 6. The highest BCUT2D eigenvalue weighted by molar-refractivity contribution is 5.77. The molecule has 0 amide bonds. The van der Waals surface area contributed by atoms with Gasteiger partial charge in [0.2, 0.25) is 0 Å². The van der Waals surface area contributed by atoms with Gasteiger partial charge in [0.25, 0.3) is 0 Å². The second-order valence-electron chi connectivity index (χ2n) is 5.31. The summed E-state index contributed by atoms with van der Waals surface area (Å²) in [5, 5.41) is 0. The monoisotopic (exact) mass is 338 g/mol. The molecule has 4 nitrogen and oxygen atoms in total. The molecule has 1 atom stereocenters. The predicted molar refractivity (Wildman–Crippen MR) is 81.6 cm³/mol. The summed E-state index contributed by atoms with van der Waals surface area (Å²) in [7, 11) is 2.81. The molecule has 0 fully saturated rings. The minimum atomic E-state index is -1.57. The van der Waals surface area contributed by atoms with E-state index in [0.29, 0.717) is 13.0 Å². The zero-order valence-corrected chi connectivity index (χ0v) is 13.3. The maximum atomic E-state index is 13.5. The zero-order chi connectivity index (χ0) is 17.7. The number of ether oxygens (including phenoxy) is 1. The summed E-state index contributed by atoms with van der Waals surface area (Å²) in [6.45, 7) is 0.421. The van der Waals surface area contributed by atoms with Gasteiger partial charge in [-0.3, -0.25) is 9.88 Å². The van der Waals surface area contributed by atoms with E-state index >= 15 is 0 Å². The molecule has 24 heavy (non-hydrogen) atoms. The summed E-state index contributed by atoms with van der Waals surface area (Å²) in [6, 6.07) is 4.24. The Morgan fingerprint density at radius 3 is 2.33 bits per heavy atom. The highest BCUT2D eigenvalue weighted by Gasteiger charge is 2.28. The molecule has 0 unspecified atom stereocenters. The third-order valence-corrected chi connectivity index (χ3v) is 3.69. The Hall–Kier alpha value is -2.41. The van der Waals surface area contributed by atoms with E-state index in [1.165, 1.54) is 7.11 Å². The number of carbonyl (C=O) groups is 1. The number of benzene rings is 1. The van der Waals surface area contributed by atoms with Crippen molar-refractivity contribution < 1.29 is 22.7 Å².